The van der Waals surface area contributed by atoms with Gasteiger partial charge in [-0.05, 0) is 30.2 Å². The number of benzene rings is 1. The first-order valence-corrected chi connectivity index (χ1v) is 7.86. The molecule has 2 aromatic heterocycles. The summed E-state index contributed by atoms with van der Waals surface area (Å²) in [6, 6.07) is 12.9. The van der Waals surface area contributed by atoms with Gasteiger partial charge in [-0.25, -0.2) is 4.79 Å². The highest BCUT2D eigenvalue weighted by atomic mass is 32.1. The van der Waals surface area contributed by atoms with Gasteiger partial charge in [0.05, 0.1) is 6.04 Å². The monoisotopic (exact) mass is 325 g/mol. The lowest BCUT2D eigenvalue weighted by atomic mass is 10.00. The Balaban J connectivity index is 1.80. The second kappa shape index (κ2) is 6.97. The maximum Gasteiger partial charge on any atom is 0.321 e. The van der Waals surface area contributed by atoms with Gasteiger partial charge >= 0.3 is 6.03 Å². The fourth-order valence-electron chi connectivity index (χ4n) is 2.17. The zero-order valence-corrected chi connectivity index (χ0v) is 13.2. The molecule has 0 aliphatic carbocycles. The second-order valence-corrected chi connectivity index (χ2v) is 6.03. The molecular formula is C16H15N5OS. The molecule has 2 N–H and O–H groups in total. The lowest BCUT2D eigenvalue weighted by Gasteiger charge is -2.19. The lowest BCUT2D eigenvalue weighted by molar-refractivity contribution is 0.250. The second-order valence-electron chi connectivity index (χ2n) is 4.85. The van der Waals surface area contributed by atoms with Crippen molar-refractivity contribution in [1.82, 2.24) is 20.5 Å². The zero-order chi connectivity index (χ0) is 16.1. The van der Waals surface area contributed by atoms with E-state index in [1.165, 1.54) is 11.3 Å². The molecule has 1 aromatic carbocycles. The van der Waals surface area contributed by atoms with Gasteiger partial charge in [-0.3, -0.25) is 10.3 Å². The predicted molar refractivity (Wildman–Crippen MR) is 89.3 cm³/mol. The van der Waals surface area contributed by atoms with Crippen molar-refractivity contribution in [3.05, 3.63) is 71.0 Å². The van der Waals surface area contributed by atoms with Crippen LogP contribution in [0.15, 0.2) is 54.9 Å². The molecule has 0 bridgehead atoms. The molecule has 0 aliphatic heterocycles. The van der Waals surface area contributed by atoms with E-state index >= 15 is 0 Å². The van der Waals surface area contributed by atoms with E-state index in [4.69, 9.17) is 0 Å². The summed E-state index contributed by atoms with van der Waals surface area (Å²) in [6.07, 6.45) is 3.41. The first-order chi connectivity index (χ1) is 11.2. The molecular weight excluding hydrogens is 310 g/mol. The van der Waals surface area contributed by atoms with Crippen LogP contribution < -0.4 is 10.6 Å². The third kappa shape index (κ3) is 3.89. The van der Waals surface area contributed by atoms with Crippen molar-refractivity contribution in [2.24, 2.45) is 0 Å². The van der Waals surface area contributed by atoms with E-state index in [0.717, 1.165) is 16.1 Å². The summed E-state index contributed by atoms with van der Waals surface area (Å²) in [5, 5.41) is 14.7. The van der Waals surface area contributed by atoms with Crippen LogP contribution in [0.5, 0.6) is 0 Å². The van der Waals surface area contributed by atoms with Crippen molar-refractivity contribution < 1.29 is 4.79 Å². The average Bonchev–Trinajstić information content (AvgIpc) is 2.99. The number of aryl methyl sites for hydroxylation is 1. The molecule has 6 nitrogen and oxygen atoms in total. The summed E-state index contributed by atoms with van der Waals surface area (Å²) in [5.41, 5.74) is 1.94. The van der Waals surface area contributed by atoms with Crippen LogP contribution in [0.3, 0.4) is 0 Å². The van der Waals surface area contributed by atoms with Gasteiger partial charge in [0, 0.05) is 12.4 Å². The number of carbonyl (C=O) groups is 1. The first kappa shape index (κ1) is 15.1. The van der Waals surface area contributed by atoms with Gasteiger partial charge in [-0.1, -0.05) is 41.7 Å². The van der Waals surface area contributed by atoms with E-state index in [1.807, 2.05) is 49.4 Å². The van der Waals surface area contributed by atoms with Crippen molar-refractivity contribution >= 4 is 22.5 Å². The summed E-state index contributed by atoms with van der Waals surface area (Å²) in [7, 11) is 0. The van der Waals surface area contributed by atoms with Crippen LogP contribution in [0, 0.1) is 6.92 Å². The predicted octanol–water partition coefficient (Wildman–Crippen LogP) is 3.15. The number of amides is 2. The number of urea groups is 1. The molecule has 0 aliphatic rings. The Labute approximate surface area is 137 Å². The Hall–Kier alpha value is -2.80. The fourth-order valence-corrected chi connectivity index (χ4v) is 2.76. The molecule has 3 aromatic rings. The van der Waals surface area contributed by atoms with Gasteiger partial charge in [0.25, 0.3) is 0 Å². The minimum Gasteiger partial charge on any atom is -0.327 e. The van der Waals surface area contributed by atoms with E-state index in [0.29, 0.717) is 5.13 Å². The number of nitrogens with zero attached hydrogens (tertiary/aromatic N) is 3. The van der Waals surface area contributed by atoms with Crippen LogP contribution >= 0.6 is 11.3 Å². The van der Waals surface area contributed by atoms with Crippen LogP contribution in [-0.4, -0.2) is 21.2 Å². The number of aromatic nitrogens is 3. The number of hydrogen-bond acceptors (Lipinski definition) is 5. The zero-order valence-electron chi connectivity index (χ0n) is 12.4. The third-order valence-corrected chi connectivity index (χ3v) is 3.95. The highest BCUT2D eigenvalue weighted by Gasteiger charge is 2.17. The van der Waals surface area contributed by atoms with Crippen LogP contribution in [0.1, 0.15) is 22.2 Å². The van der Waals surface area contributed by atoms with E-state index in [1.54, 1.807) is 12.4 Å². The minimum absolute atomic E-state index is 0.270. The molecule has 0 unspecified atom stereocenters. The maximum absolute atomic E-state index is 12.3. The smallest absolute Gasteiger partial charge is 0.321 e. The highest BCUT2D eigenvalue weighted by molar-refractivity contribution is 7.15. The molecule has 2 heterocycles. The Morgan fingerprint density at radius 3 is 2.39 bits per heavy atom. The van der Waals surface area contributed by atoms with Crippen LogP contribution in [0.2, 0.25) is 0 Å². The minimum atomic E-state index is -0.327. The number of carbonyl (C=O) groups excluding carboxylic acids is 1. The standard InChI is InChI=1S/C16H15N5OS/c1-11-20-21-16(23-11)19-15(22)18-14(12-5-3-2-4-6-12)13-7-9-17-10-8-13/h2-10,14H,1H3,(H2,18,19,21,22)/t14-/m0/s1. The van der Waals surface area contributed by atoms with Gasteiger partial charge in [0.15, 0.2) is 0 Å². The van der Waals surface area contributed by atoms with Crippen LogP contribution in [0.25, 0.3) is 0 Å². The van der Waals surface area contributed by atoms with Gasteiger partial charge < -0.3 is 5.32 Å². The van der Waals surface area contributed by atoms with Crippen LogP contribution in [0.4, 0.5) is 9.93 Å². The molecule has 0 saturated heterocycles. The van der Waals surface area contributed by atoms with E-state index in [-0.39, 0.29) is 12.1 Å². The van der Waals surface area contributed by atoms with Gasteiger partial charge in [0.1, 0.15) is 5.01 Å². The van der Waals surface area contributed by atoms with Crippen molar-refractivity contribution in [2.45, 2.75) is 13.0 Å². The SMILES string of the molecule is Cc1nnc(NC(=O)N[C@@H](c2ccccc2)c2ccncc2)s1. The Morgan fingerprint density at radius 2 is 1.74 bits per heavy atom. The van der Waals surface area contributed by atoms with Crippen molar-refractivity contribution in [3.63, 3.8) is 0 Å². The van der Waals surface area contributed by atoms with Crippen molar-refractivity contribution in [1.29, 1.82) is 0 Å². The van der Waals surface area contributed by atoms with E-state index < -0.39 is 0 Å². The quantitative estimate of drug-likeness (QED) is 0.772. The average molecular weight is 325 g/mol. The topological polar surface area (TPSA) is 79.8 Å². The summed E-state index contributed by atoms with van der Waals surface area (Å²) in [6.45, 7) is 1.84. The fraction of sp³-hybridized carbons (Fsp3) is 0.125. The molecule has 3 rings (SSSR count). The normalized spacial score (nSPS) is 11.7. The van der Waals surface area contributed by atoms with E-state index in [2.05, 4.69) is 25.8 Å². The van der Waals surface area contributed by atoms with Gasteiger partial charge in [-0.15, -0.1) is 10.2 Å². The summed E-state index contributed by atoms with van der Waals surface area (Å²) < 4.78 is 0. The number of pyridine rings is 1. The molecule has 0 spiro atoms. The highest BCUT2D eigenvalue weighted by Crippen LogP contribution is 2.22. The largest absolute Gasteiger partial charge is 0.327 e. The molecule has 2 amide bonds. The Bertz CT molecular complexity index is 736. The molecule has 116 valence electrons. The molecule has 23 heavy (non-hydrogen) atoms. The molecule has 0 fully saturated rings. The summed E-state index contributed by atoms with van der Waals surface area (Å²) in [4.78, 5) is 16.3. The molecule has 1 atom stereocenters. The third-order valence-electron chi connectivity index (χ3n) is 3.19. The summed E-state index contributed by atoms with van der Waals surface area (Å²) in [5.74, 6) is 0. The Morgan fingerprint density at radius 1 is 1.04 bits per heavy atom. The van der Waals surface area contributed by atoms with Crippen molar-refractivity contribution in [3.8, 4) is 0 Å². The van der Waals surface area contributed by atoms with Crippen LogP contribution in [-0.2, 0) is 0 Å². The number of hydrogen-bond donors (Lipinski definition) is 2. The molecule has 7 heteroatoms. The maximum atomic E-state index is 12.3. The first-order valence-electron chi connectivity index (χ1n) is 7.05. The lowest BCUT2D eigenvalue weighted by Crippen LogP contribution is -2.33. The number of nitrogens with one attached hydrogen (secondary N) is 2. The van der Waals surface area contributed by atoms with Gasteiger partial charge in [-0.2, -0.15) is 0 Å². The number of rotatable bonds is 4. The Kier molecular flexibility index (Phi) is 4.58. The van der Waals surface area contributed by atoms with Crippen molar-refractivity contribution in [2.75, 3.05) is 5.32 Å². The molecule has 0 saturated carbocycles. The number of anilines is 1. The summed E-state index contributed by atoms with van der Waals surface area (Å²) >= 11 is 1.33. The van der Waals surface area contributed by atoms with E-state index in [9.17, 15) is 4.79 Å². The van der Waals surface area contributed by atoms with Gasteiger partial charge in [0.2, 0.25) is 5.13 Å². The molecule has 0 radical (unpaired) electrons.